The molecule has 0 N–H and O–H groups in total. The van der Waals surface area contributed by atoms with Gasteiger partial charge in [-0.05, 0) is 62.4 Å². The van der Waals surface area contributed by atoms with E-state index in [1.165, 1.54) is 32.2 Å². The first-order valence-corrected chi connectivity index (χ1v) is 15.9. The van der Waals surface area contributed by atoms with Crippen LogP contribution in [-0.4, -0.2) is 9.38 Å². The van der Waals surface area contributed by atoms with E-state index in [-0.39, 0.29) is 0 Å². The fourth-order valence-electron chi connectivity index (χ4n) is 5.96. The molecule has 0 aliphatic rings. The molecule has 184 valence electrons. The van der Waals surface area contributed by atoms with Crippen LogP contribution in [0.2, 0.25) is 0 Å². The molecule has 0 saturated carbocycles. The fraction of sp³-hybridized carbons (Fsp3) is 0. The van der Waals surface area contributed by atoms with E-state index in [4.69, 9.17) is 16.8 Å². The molecule has 0 fully saturated rings. The molecule has 8 rings (SSSR count). The molecule has 2 nitrogen and oxygen atoms in total. The monoisotopic (exact) mass is 534 g/mol. The van der Waals surface area contributed by atoms with E-state index in [1.807, 2.05) is 0 Å². The van der Waals surface area contributed by atoms with Gasteiger partial charge in [0.05, 0.1) is 16.6 Å². The Kier molecular flexibility index (Phi) is 5.00. The maximum absolute atomic E-state index is 6.63. The van der Waals surface area contributed by atoms with Crippen molar-refractivity contribution in [1.29, 1.82) is 0 Å². The number of nitrogens with zero attached hydrogens (tertiary/aromatic N) is 2. The average Bonchev–Trinajstić information content (AvgIpc) is 3.40. The van der Waals surface area contributed by atoms with Gasteiger partial charge in [0.2, 0.25) is 0 Å². The second-order valence-corrected chi connectivity index (χ2v) is 14.4. The first kappa shape index (κ1) is 22.7. The molecule has 4 heteroatoms. The molecule has 39 heavy (non-hydrogen) atoms. The van der Waals surface area contributed by atoms with Crippen molar-refractivity contribution in [2.75, 3.05) is 0 Å². The van der Waals surface area contributed by atoms with Crippen LogP contribution in [-0.2, 0) is 11.8 Å². The van der Waals surface area contributed by atoms with Crippen molar-refractivity contribution in [3.63, 3.8) is 0 Å². The summed E-state index contributed by atoms with van der Waals surface area (Å²) in [6.45, 7) is 0. The van der Waals surface area contributed by atoms with Gasteiger partial charge in [-0.2, -0.15) is 0 Å². The number of pyridine rings is 1. The number of imidazole rings is 1. The van der Waals surface area contributed by atoms with E-state index in [2.05, 4.69) is 144 Å². The number of rotatable bonds is 3. The minimum Gasteiger partial charge on any atom is -0.292 e. The van der Waals surface area contributed by atoms with Crippen molar-refractivity contribution < 1.29 is 0 Å². The van der Waals surface area contributed by atoms with E-state index in [1.54, 1.807) is 0 Å². The van der Waals surface area contributed by atoms with Crippen molar-refractivity contribution in [1.82, 2.24) is 9.38 Å². The molecule has 2 heterocycles. The van der Waals surface area contributed by atoms with Crippen LogP contribution < -0.4 is 15.9 Å². The zero-order chi connectivity index (χ0) is 26.0. The molecule has 0 aliphatic carbocycles. The number of aromatic nitrogens is 2. The number of benzene rings is 6. The first-order valence-electron chi connectivity index (χ1n) is 13.1. The van der Waals surface area contributed by atoms with E-state index in [9.17, 15) is 0 Å². The molecule has 8 aromatic rings. The van der Waals surface area contributed by atoms with Gasteiger partial charge in [-0.25, -0.2) is 4.98 Å². The van der Waals surface area contributed by atoms with Gasteiger partial charge >= 0.3 is 0 Å². The molecule has 0 aliphatic heterocycles. The van der Waals surface area contributed by atoms with Gasteiger partial charge in [0.25, 0.3) is 0 Å². The lowest BCUT2D eigenvalue weighted by molar-refractivity contribution is 1.32. The third-order valence-electron chi connectivity index (χ3n) is 7.80. The number of hydrogen-bond donors (Lipinski definition) is 0. The molecule has 6 aromatic carbocycles. The number of para-hydroxylation sites is 1. The maximum atomic E-state index is 6.63. The molecule has 2 aromatic heterocycles. The van der Waals surface area contributed by atoms with Gasteiger partial charge in [0, 0.05) is 16.8 Å². The van der Waals surface area contributed by atoms with Crippen LogP contribution in [0.15, 0.2) is 140 Å². The summed E-state index contributed by atoms with van der Waals surface area (Å²) in [4.78, 5) is 5.30. The highest BCUT2D eigenvalue weighted by molar-refractivity contribution is 8.25. The molecule has 0 spiro atoms. The topological polar surface area (TPSA) is 17.3 Å². The van der Waals surface area contributed by atoms with Crippen LogP contribution in [0.25, 0.3) is 49.1 Å². The quantitative estimate of drug-likeness (QED) is 0.131. The Labute approximate surface area is 231 Å². The lowest BCUT2D eigenvalue weighted by atomic mass is 10.0. The minimum atomic E-state index is -2.27. The highest BCUT2D eigenvalue weighted by Crippen LogP contribution is 2.43. The van der Waals surface area contributed by atoms with Gasteiger partial charge in [-0.15, -0.1) is 0 Å². The zero-order valence-electron chi connectivity index (χ0n) is 21.0. The van der Waals surface area contributed by atoms with Gasteiger partial charge in [0.1, 0.15) is 5.65 Å². The smallest absolute Gasteiger partial charge is 0.146 e. The molecular formula is C35H23N2PS. The summed E-state index contributed by atoms with van der Waals surface area (Å²) >= 11 is 6.63. The van der Waals surface area contributed by atoms with Crippen LogP contribution in [0.1, 0.15) is 0 Å². The summed E-state index contributed by atoms with van der Waals surface area (Å²) in [6, 6.07) is 47.4. The fourth-order valence-corrected chi connectivity index (χ4v) is 9.69. The van der Waals surface area contributed by atoms with Crippen LogP contribution in [0, 0.1) is 0 Å². The zero-order valence-corrected chi connectivity index (χ0v) is 22.7. The summed E-state index contributed by atoms with van der Waals surface area (Å²) in [5.41, 5.74) is 4.22. The van der Waals surface area contributed by atoms with Crippen LogP contribution in [0.4, 0.5) is 0 Å². The van der Waals surface area contributed by atoms with Gasteiger partial charge in [-0.3, -0.25) is 4.40 Å². The first-order chi connectivity index (χ1) is 19.2. The Bertz CT molecular complexity index is 2210. The predicted octanol–water partition coefficient (Wildman–Crippen LogP) is 7.70. The Balaban J connectivity index is 1.48. The van der Waals surface area contributed by atoms with E-state index >= 15 is 0 Å². The third-order valence-corrected chi connectivity index (χ3v) is 12.8. The lowest BCUT2D eigenvalue weighted by Crippen LogP contribution is -2.24. The molecule has 0 radical (unpaired) electrons. The molecular weight excluding hydrogens is 511 g/mol. The summed E-state index contributed by atoms with van der Waals surface area (Å²) < 4.78 is 2.32. The van der Waals surface area contributed by atoms with Gasteiger partial charge in [-0.1, -0.05) is 121 Å². The highest BCUT2D eigenvalue weighted by Gasteiger charge is 2.26. The van der Waals surface area contributed by atoms with Crippen molar-refractivity contribution in [2.24, 2.45) is 0 Å². The maximum Gasteiger partial charge on any atom is 0.146 e. The highest BCUT2D eigenvalue weighted by atomic mass is 32.4. The Hall–Kier alpha value is -4.30. The van der Waals surface area contributed by atoms with E-state index in [0.717, 1.165) is 32.9 Å². The Morgan fingerprint density at radius 2 is 1.08 bits per heavy atom. The summed E-state index contributed by atoms with van der Waals surface area (Å²) in [7, 11) is 0. The third kappa shape index (κ3) is 3.34. The van der Waals surface area contributed by atoms with Crippen LogP contribution in [0.5, 0.6) is 0 Å². The summed E-state index contributed by atoms with van der Waals surface area (Å²) in [5.74, 6) is 0. The van der Waals surface area contributed by atoms with Crippen molar-refractivity contribution in [2.45, 2.75) is 0 Å². The predicted molar refractivity (Wildman–Crippen MR) is 171 cm³/mol. The Morgan fingerprint density at radius 3 is 1.77 bits per heavy atom. The SMILES string of the molecule is S=P(c1ccccc1)(c1ccccc1)c1ccc2c(c1)nc1c3cc4ccccc4cc3c3ccccc3n21. The molecule has 0 saturated heterocycles. The van der Waals surface area contributed by atoms with Crippen LogP contribution in [0.3, 0.4) is 0 Å². The van der Waals surface area contributed by atoms with Crippen LogP contribution >= 0.6 is 6.04 Å². The van der Waals surface area contributed by atoms with Crippen molar-refractivity contribution >= 4 is 82.9 Å². The standard InChI is InChI=1S/C35H23N2PS/c39-38(26-13-3-1-4-14-26,27-15-5-2-6-16-27)28-19-20-34-32(23-28)36-35-31-22-25-12-8-7-11-24(25)21-30(31)29-17-9-10-18-33(29)37(34)35/h1-23H. The largest absolute Gasteiger partial charge is 0.292 e. The number of hydrogen-bond acceptors (Lipinski definition) is 2. The lowest BCUT2D eigenvalue weighted by Gasteiger charge is -2.24. The number of fused-ring (bicyclic) bond motifs is 9. The van der Waals surface area contributed by atoms with Gasteiger partial charge < -0.3 is 0 Å². The van der Waals surface area contributed by atoms with Crippen molar-refractivity contribution in [3.8, 4) is 0 Å². The molecule has 0 atom stereocenters. The second-order valence-electron chi connectivity index (χ2n) is 9.99. The Morgan fingerprint density at radius 1 is 0.487 bits per heavy atom. The molecule has 0 amide bonds. The minimum absolute atomic E-state index is 0.972. The second kappa shape index (κ2) is 8.61. The average molecular weight is 535 g/mol. The molecule has 0 bridgehead atoms. The van der Waals surface area contributed by atoms with E-state index in [0.29, 0.717) is 0 Å². The molecule has 0 unspecified atom stereocenters. The van der Waals surface area contributed by atoms with Crippen molar-refractivity contribution in [3.05, 3.63) is 140 Å². The summed E-state index contributed by atoms with van der Waals surface area (Å²) in [6.07, 6.45) is 0. The van der Waals surface area contributed by atoms with E-state index < -0.39 is 6.04 Å². The normalized spacial score (nSPS) is 12.2. The van der Waals surface area contributed by atoms with Gasteiger partial charge in [0.15, 0.2) is 0 Å². The summed E-state index contributed by atoms with van der Waals surface area (Å²) in [5, 5.41) is 9.62.